The SMILES string of the molecule is NCC1CCCC1CN1CCCC2CCCCC21. The zero-order valence-corrected chi connectivity index (χ0v) is 11.8. The molecule has 2 N–H and O–H groups in total. The molecule has 2 heteroatoms. The lowest BCUT2D eigenvalue weighted by atomic mass is 9.78. The minimum Gasteiger partial charge on any atom is -0.330 e. The average Bonchev–Trinajstić information content (AvgIpc) is 2.86. The van der Waals surface area contributed by atoms with Crippen LogP contribution in [0.15, 0.2) is 0 Å². The lowest BCUT2D eigenvalue weighted by Gasteiger charge is -2.45. The van der Waals surface area contributed by atoms with Gasteiger partial charge < -0.3 is 5.73 Å². The Hall–Kier alpha value is -0.0800. The zero-order valence-electron chi connectivity index (χ0n) is 11.8. The van der Waals surface area contributed by atoms with Crippen molar-refractivity contribution < 1.29 is 0 Å². The van der Waals surface area contributed by atoms with Crippen LogP contribution in [0.4, 0.5) is 0 Å². The van der Waals surface area contributed by atoms with Crippen LogP contribution in [0.1, 0.15) is 57.8 Å². The van der Waals surface area contributed by atoms with Crippen LogP contribution in [0.25, 0.3) is 0 Å². The predicted molar refractivity (Wildman–Crippen MR) is 76.4 cm³/mol. The van der Waals surface area contributed by atoms with Crippen LogP contribution in [0.5, 0.6) is 0 Å². The van der Waals surface area contributed by atoms with Crippen molar-refractivity contribution in [3.05, 3.63) is 0 Å². The molecule has 0 aromatic rings. The Morgan fingerprint density at radius 1 is 0.833 bits per heavy atom. The number of fused-ring (bicyclic) bond motifs is 1. The first-order chi connectivity index (χ1) is 8.88. The highest BCUT2D eigenvalue weighted by molar-refractivity contribution is 4.90. The summed E-state index contributed by atoms with van der Waals surface area (Å²) in [6.07, 6.45) is 13.2. The van der Waals surface area contributed by atoms with E-state index in [-0.39, 0.29) is 0 Å². The summed E-state index contributed by atoms with van der Waals surface area (Å²) in [5.41, 5.74) is 5.94. The highest BCUT2D eigenvalue weighted by Gasteiger charge is 2.36. The molecule has 0 bridgehead atoms. The van der Waals surface area contributed by atoms with E-state index in [1.54, 1.807) is 0 Å². The van der Waals surface area contributed by atoms with Crippen molar-refractivity contribution in [2.75, 3.05) is 19.6 Å². The number of likely N-dealkylation sites (tertiary alicyclic amines) is 1. The summed E-state index contributed by atoms with van der Waals surface area (Å²) in [6.45, 7) is 3.66. The van der Waals surface area contributed by atoms with Gasteiger partial charge in [0.15, 0.2) is 0 Å². The molecule has 2 aliphatic carbocycles. The number of hydrogen-bond acceptors (Lipinski definition) is 2. The molecule has 3 aliphatic rings. The van der Waals surface area contributed by atoms with Crippen molar-refractivity contribution in [2.45, 2.75) is 63.8 Å². The predicted octanol–water partition coefficient (Wildman–Crippen LogP) is 3.02. The molecule has 3 fully saturated rings. The molecule has 4 atom stereocenters. The van der Waals surface area contributed by atoms with Gasteiger partial charge in [0.1, 0.15) is 0 Å². The topological polar surface area (TPSA) is 29.3 Å². The Morgan fingerprint density at radius 3 is 2.50 bits per heavy atom. The van der Waals surface area contributed by atoms with Gasteiger partial charge in [-0.05, 0) is 69.4 Å². The molecule has 1 aliphatic heterocycles. The van der Waals surface area contributed by atoms with Crippen molar-refractivity contribution in [1.82, 2.24) is 4.90 Å². The number of nitrogens with two attached hydrogens (primary N) is 1. The van der Waals surface area contributed by atoms with Gasteiger partial charge in [-0.15, -0.1) is 0 Å². The van der Waals surface area contributed by atoms with Crippen LogP contribution >= 0.6 is 0 Å². The quantitative estimate of drug-likeness (QED) is 0.834. The highest BCUT2D eigenvalue weighted by Crippen LogP contribution is 2.38. The maximum absolute atomic E-state index is 5.94. The van der Waals surface area contributed by atoms with Crippen LogP contribution in [0, 0.1) is 17.8 Å². The first kappa shape index (κ1) is 12.9. The van der Waals surface area contributed by atoms with Crippen LogP contribution in [-0.4, -0.2) is 30.6 Å². The second-order valence-corrected chi connectivity index (χ2v) is 6.94. The number of nitrogens with zero attached hydrogens (tertiary/aromatic N) is 1. The van der Waals surface area contributed by atoms with Crippen molar-refractivity contribution in [2.24, 2.45) is 23.5 Å². The molecule has 4 unspecified atom stereocenters. The summed E-state index contributed by atoms with van der Waals surface area (Å²) < 4.78 is 0. The number of piperidine rings is 1. The van der Waals surface area contributed by atoms with Gasteiger partial charge in [-0.3, -0.25) is 4.90 Å². The molecule has 0 amide bonds. The van der Waals surface area contributed by atoms with E-state index >= 15 is 0 Å². The van der Waals surface area contributed by atoms with Gasteiger partial charge in [-0.25, -0.2) is 0 Å². The van der Waals surface area contributed by atoms with Crippen molar-refractivity contribution in [3.8, 4) is 0 Å². The fraction of sp³-hybridized carbons (Fsp3) is 1.00. The van der Waals surface area contributed by atoms with Crippen LogP contribution in [-0.2, 0) is 0 Å². The molecule has 3 rings (SSSR count). The van der Waals surface area contributed by atoms with Gasteiger partial charge in [-0.1, -0.05) is 19.3 Å². The maximum atomic E-state index is 5.94. The molecule has 1 heterocycles. The minimum absolute atomic E-state index is 0.828. The van der Waals surface area contributed by atoms with E-state index in [0.717, 1.165) is 30.3 Å². The summed E-state index contributed by atoms with van der Waals surface area (Å²) in [5.74, 6) is 2.77. The van der Waals surface area contributed by atoms with E-state index in [0.29, 0.717) is 0 Å². The maximum Gasteiger partial charge on any atom is 0.0124 e. The molecule has 1 saturated heterocycles. The first-order valence-electron chi connectivity index (χ1n) is 8.32. The van der Waals surface area contributed by atoms with E-state index in [1.807, 2.05) is 0 Å². The third kappa shape index (κ3) is 2.60. The van der Waals surface area contributed by atoms with Crippen molar-refractivity contribution in [3.63, 3.8) is 0 Å². The van der Waals surface area contributed by atoms with Crippen molar-refractivity contribution >= 4 is 0 Å². The van der Waals surface area contributed by atoms with E-state index in [9.17, 15) is 0 Å². The summed E-state index contributed by atoms with van der Waals surface area (Å²) in [4.78, 5) is 2.87. The molecule has 2 nitrogen and oxygen atoms in total. The highest BCUT2D eigenvalue weighted by atomic mass is 15.2. The summed E-state index contributed by atoms with van der Waals surface area (Å²) >= 11 is 0. The molecule has 2 saturated carbocycles. The Morgan fingerprint density at radius 2 is 1.61 bits per heavy atom. The van der Waals surface area contributed by atoms with Gasteiger partial charge in [0.25, 0.3) is 0 Å². The zero-order chi connectivity index (χ0) is 12.4. The number of rotatable bonds is 3. The standard InChI is InChI=1S/C16H30N2/c17-11-14-6-3-7-15(14)12-18-10-4-8-13-5-1-2-9-16(13)18/h13-16H,1-12,17H2. The smallest absolute Gasteiger partial charge is 0.0124 e. The van der Waals surface area contributed by atoms with E-state index in [1.165, 1.54) is 70.9 Å². The normalized spacial score (nSPS) is 41.8. The Bertz CT molecular complexity index is 264. The monoisotopic (exact) mass is 250 g/mol. The molecule has 0 radical (unpaired) electrons. The summed E-state index contributed by atoms with van der Waals surface area (Å²) in [6, 6.07) is 0.937. The minimum atomic E-state index is 0.828. The number of hydrogen-bond donors (Lipinski definition) is 1. The second-order valence-electron chi connectivity index (χ2n) is 6.94. The van der Waals surface area contributed by atoms with Gasteiger partial charge in [-0.2, -0.15) is 0 Å². The van der Waals surface area contributed by atoms with Gasteiger partial charge in [0.05, 0.1) is 0 Å². The Kier molecular flexibility index (Phi) is 4.25. The van der Waals surface area contributed by atoms with Crippen LogP contribution in [0.2, 0.25) is 0 Å². The summed E-state index contributed by atoms with van der Waals surface area (Å²) in [7, 11) is 0. The fourth-order valence-electron chi connectivity index (χ4n) is 4.92. The average molecular weight is 250 g/mol. The second kappa shape index (κ2) is 5.92. The lowest BCUT2D eigenvalue weighted by Crippen LogP contribution is -2.49. The Balaban J connectivity index is 1.60. The molecule has 104 valence electrons. The molecule has 18 heavy (non-hydrogen) atoms. The lowest BCUT2D eigenvalue weighted by molar-refractivity contribution is 0.0433. The molecular weight excluding hydrogens is 220 g/mol. The van der Waals surface area contributed by atoms with Crippen LogP contribution in [0.3, 0.4) is 0 Å². The van der Waals surface area contributed by atoms with E-state index in [2.05, 4.69) is 4.90 Å². The molecule has 0 aromatic carbocycles. The van der Waals surface area contributed by atoms with Gasteiger partial charge in [0, 0.05) is 12.6 Å². The van der Waals surface area contributed by atoms with Crippen LogP contribution < -0.4 is 5.73 Å². The third-order valence-corrected chi connectivity index (χ3v) is 5.95. The Labute approximate surface area is 112 Å². The van der Waals surface area contributed by atoms with Gasteiger partial charge in [0.2, 0.25) is 0 Å². The molecular formula is C16H30N2. The van der Waals surface area contributed by atoms with Gasteiger partial charge >= 0.3 is 0 Å². The van der Waals surface area contributed by atoms with E-state index in [4.69, 9.17) is 5.73 Å². The first-order valence-corrected chi connectivity index (χ1v) is 8.32. The largest absolute Gasteiger partial charge is 0.330 e. The molecule has 0 spiro atoms. The van der Waals surface area contributed by atoms with E-state index < -0.39 is 0 Å². The third-order valence-electron chi connectivity index (χ3n) is 5.95. The molecule has 0 aromatic heterocycles. The fourth-order valence-corrected chi connectivity index (χ4v) is 4.92. The van der Waals surface area contributed by atoms with Crippen molar-refractivity contribution in [1.29, 1.82) is 0 Å². The summed E-state index contributed by atoms with van der Waals surface area (Å²) in [5, 5.41) is 0.